The molecule has 1 aliphatic heterocycles. The van der Waals surface area contributed by atoms with E-state index in [1.54, 1.807) is 0 Å². The van der Waals surface area contributed by atoms with E-state index < -0.39 is 5.97 Å². The molecule has 0 bridgehead atoms. The van der Waals surface area contributed by atoms with Crippen LogP contribution in [0.1, 0.15) is 45.0 Å². The second-order valence-corrected chi connectivity index (χ2v) is 5.90. The van der Waals surface area contributed by atoms with Gasteiger partial charge >= 0.3 is 5.97 Å². The summed E-state index contributed by atoms with van der Waals surface area (Å²) in [6, 6.07) is 0.457. The highest BCUT2D eigenvalue weighted by molar-refractivity contribution is 5.66. The summed E-state index contributed by atoms with van der Waals surface area (Å²) in [5.74, 6) is 0.183. The van der Waals surface area contributed by atoms with Crippen LogP contribution in [0.15, 0.2) is 4.52 Å². The number of carboxylic acid groups (broad SMARTS) is 1. The Balaban J connectivity index is 1.94. The third kappa shape index (κ3) is 4.50. The highest BCUT2D eigenvalue weighted by atomic mass is 16.5. The lowest BCUT2D eigenvalue weighted by atomic mass is 10.0. The normalized spacial score (nSPS) is 21.6. The van der Waals surface area contributed by atoms with Gasteiger partial charge in [-0.25, -0.2) is 0 Å². The number of carbonyl (C=O) groups is 1. The Morgan fingerprint density at radius 2 is 2.24 bits per heavy atom. The van der Waals surface area contributed by atoms with Crippen LogP contribution >= 0.6 is 0 Å². The van der Waals surface area contributed by atoms with E-state index in [2.05, 4.69) is 28.9 Å². The van der Waals surface area contributed by atoms with Gasteiger partial charge in [0.1, 0.15) is 6.10 Å². The SMILES string of the molecule is CC(CC(=O)O)Cc1nc(C2CN(C(C)C)CCO2)no1. The van der Waals surface area contributed by atoms with E-state index in [4.69, 9.17) is 14.4 Å². The molecule has 7 nitrogen and oxygen atoms in total. The van der Waals surface area contributed by atoms with Crippen LogP contribution in [0, 0.1) is 5.92 Å². The lowest BCUT2D eigenvalue weighted by Gasteiger charge is -2.34. The molecule has 21 heavy (non-hydrogen) atoms. The minimum absolute atomic E-state index is 0.0322. The first-order chi connectivity index (χ1) is 9.95. The van der Waals surface area contributed by atoms with Crippen LogP contribution in [0.25, 0.3) is 0 Å². The van der Waals surface area contributed by atoms with E-state index in [0.29, 0.717) is 30.8 Å². The number of hydrogen-bond donors (Lipinski definition) is 1. The molecule has 1 saturated heterocycles. The van der Waals surface area contributed by atoms with Gasteiger partial charge in [-0.05, 0) is 19.8 Å². The van der Waals surface area contributed by atoms with Crippen LogP contribution in [-0.4, -0.2) is 51.9 Å². The maximum absolute atomic E-state index is 10.7. The van der Waals surface area contributed by atoms with Gasteiger partial charge in [0.25, 0.3) is 0 Å². The fourth-order valence-corrected chi connectivity index (χ4v) is 2.44. The van der Waals surface area contributed by atoms with E-state index >= 15 is 0 Å². The summed E-state index contributed by atoms with van der Waals surface area (Å²) in [5.41, 5.74) is 0. The van der Waals surface area contributed by atoms with Gasteiger partial charge in [-0.1, -0.05) is 12.1 Å². The van der Waals surface area contributed by atoms with E-state index in [1.807, 2.05) is 6.92 Å². The number of aromatic nitrogens is 2. The van der Waals surface area contributed by atoms with Crippen LogP contribution in [-0.2, 0) is 16.0 Å². The molecule has 2 unspecified atom stereocenters. The minimum Gasteiger partial charge on any atom is -0.481 e. The standard InChI is InChI=1S/C14H23N3O4/c1-9(2)17-4-5-20-11(8-17)14-15-12(21-16-14)6-10(3)7-13(18)19/h9-11H,4-8H2,1-3H3,(H,18,19). The maximum Gasteiger partial charge on any atom is 0.303 e. The molecule has 118 valence electrons. The van der Waals surface area contributed by atoms with Gasteiger partial charge in [0, 0.05) is 32.0 Å². The molecule has 2 rings (SSSR count). The number of ether oxygens (including phenoxy) is 1. The number of carboxylic acids is 1. The molecule has 2 heterocycles. The predicted molar refractivity (Wildman–Crippen MR) is 74.8 cm³/mol. The molecule has 0 saturated carbocycles. The summed E-state index contributed by atoms with van der Waals surface area (Å²) in [7, 11) is 0. The van der Waals surface area contributed by atoms with Crippen molar-refractivity contribution in [2.45, 2.75) is 45.8 Å². The minimum atomic E-state index is -0.814. The topological polar surface area (TPSA) is 88.7 Å². The van der Waals surface area contributed by atoms with Crippen molar-refractivity contribution in [1.29, 1.82) is 0 Å². The summed E-state index contributed by atoms with van der Waals surface area (Å²) in [6.07, 6.45) is 0.395. The molecule has 0 aromatic carbocycles. The Hall–Kier alpha value is -1.47. The average molecular weight is 297 g/mol. The molecule has 1 aromatic rings. The third-order valence-electron chi connectivity index (χ3n) is 3.65. The predicted octanol–water partition coefficient (Wildman–Crippen LogP) is 1.50. The van der Waals surface area contributed by atoms with E-state index in [0.717, 1.165) is 13.1 Å². The largest absolute Gasteiger partial charge is 0.481 e. The summed E-state index contributed by atoms with van der Waals surface area (Å²) < 4.78 is 10.9. The van der Waals surface area contributed by atoms with E-state index in [-0.39, 0.29) is 18.4 Å². The second-order valence-electron chi connectivity index (χ2n) is 5.90. The van der Waals surface area contributed by atoms with Gasteiger partial charge in [-0.2, -0.15) is 4.98 Å². The van der Waals surface area contributed by atoms with Gasteiger partial charge < -0.3 is 14.4 Å². The van der Waals surface area contributed by atoms with Gasteiger partial charge in [-0.3, -0.25) is 9.69 Å². The van der Waals surface area contributed by atoms with Crippen molar-refractivity contribution >= 4 is 5.97 Å². The van der Waals surface area contributed by atoms with Gasteiger partial charge in [-0.15, -0.1) is 0 Å². The Kier molecular flexibility index (Phi) is 5.30. The molecular weight excluding hydrogens is 274 g/mol. The van der Waals surface area contributed by atoms with Crippen molar-refractivity contribution in [3.63, 3.8) is 0 Å². The molecule has 1 N–H and O–H groups in total. The zero-order valence-corrected chi connectivity index (χ0v) is 12.8. The zero-order chi connectivity index (χ0) is 15.4. The lowest BCUT2D eigenvalue weighted by Crippen LogP contribution is -2.42. The second kappa shape index (κ2) is 7.00. The molecule has 1 aromatic heterocycles. The summed E-state index contributed by atoms with van der Waals surface area (Å²) in [4.78, 5) is 17.3. The fraction of sp³-hybridized carbons (Fsp3) is 0.786. The smallest absolute Gasteiger partial charge is 0.303 e. The van der Waals surface area contributed by atoms with Gasteiger partial charge in [0.15, 0.2) is 0 Å². The quantitative estimate of drug-likeness (QED) is 0.851. The van der Waals surface area contributed by atoms with Gasteiger partial charge in [0.2, 0.25) is 11.7 Å². The maximum atomic E-state index is 10.7. The first kappa shape index (κ1) is 15.9. The molecule has 0 aliphatic carbocycles. The molecule has 0 amide bonds. The van der Waals surface area contributed by atoms with Crippen LogP contribution in [0.2, 0.25) is 0 Å². The Morgan fingerprint density at radius 3 is 2.90 bits per heavy atom. The third-order valence-corrected chi connectivity index (χ3v) is 3.65. The van der Waals surface area contributed by atoms with Crippen molar-refractivity contribution in [3.05, 3.63) is 11.7 Å². The number of morpholine rings is 1. The number of hydrogen-bond acceptors (Lipinski definition) is 6. The molecule has 7 heteroatoms. The Morgan fingerprint density at radius 1 is 1.48 bits per heavy atom. The molecular formula is C14H23N3O4. The summed E-state index contributed by atoms with van der Waals surface area (Å²) in [5, 5.41) is 12.7. The number of nitrogens with zero attached hydrogens (tertiary/aromatic N) is 3. The van der Waals surface area contributed by atoms with Crippen molar-refractivity contribution in [1.82, 2.24) is 15.0 Å². The number of rotatable bonds is 6. The Labute approximate surface area is 124 Å². The molecule has 0 spiro atoms. The van der Waals surface area contributed by atoms with Gasteiger partial charge in [0.05, 0.1) is 6.61 Å². The Bertz CT molecular complexity index is 475. The van der Waals surface area contributed by atoms with Crippen molar-refractivity contribution in [3.8, 4) is 0 Å². The highest BCUT2D eigenvalue weighted by Crippen LogP contribution is 2.22. The van der Waals surface area contributed by atoms with Crippen LogP contribution in [0.3, 0.4) is 0 Å². The average Bonchev–Trinajstić information content (AvgIpc) is 2.86. The number of aliphatic carboxylic acids is 1. The highest BCUT2D eigenvalue weighted by Gasteiger charge is 2.27. The molecule has 1 fully saturated rings. The van der Waals surface area contributed by atoms with E-state index in [1.165, 1.54) is 0 Å². The molecule has 1 aliphatic rings. The van der Waals surface area contributed by atoms with Crippen LogP contribution < -0.4 is 0 Å². The molecule has 0 radical (unpaired) electrons. The summed E-state index contributed by atoms with van der Waals surface area (Å²) in [6.45, 7) is 8.48. The van der Waals surface area contributed by atoms with Crippen molar-refractivity contribution in [2.24, 2.45) is 5.92 Å². The monoisotopic (exact) mass is 297 g/mol. The first-order valence-electron chi connectivity index (χ1n) is 7.35. The zero-order valence-electron chi connectivity index (χ0n) is 12.8. The fourth-order valence-electron chi connectivity index (χ4n) is 2.44. The van der Waals surface area contributed by atoms with Crippen molar-refractivity contribution in [2.75, 3.05) is 19.7 Å². The summed E-state index contributed by atoms with van der Waals surface area (Å²) >= 11 is 0. The van der Waals surface area contributed by atoms with Crippen LogP contribution in [0.5, 0.6) is 0 Å². The lowest BCUT2D eigenvalue weighted by molar-refractivity contribution is -0.137. The van der Waals surface area contributed by atoms with Crippen molar-refractivity contribution < 1.29 is 19.2 Å². The molecule has 2 atom stereocenters. The van der Waals surface area contributed by atoms with Crippen LogP contribution in [0.4, 0.5) is 0 Å². The van der Waals surface area contributed by atoms with E-state index in [9.17, 15) is 4.79 Å². The first-order valence-corrected chi connectivity index (χ1v) is 7.35.